The van der Waals surface area contributed by atoms with E-state index in [-0.39, 0.29) is 12.0 Å². The van der Waals surface area contributed by atoms with E-state index in [4.69, 9.17) is 0 Å². The van der Waals surface area contributed by atoms with Crippen molar-refractivity contribution in [1.29, 1.82) is 0 Å². The molecule has 13 heavy (non-hydrogen) atoms. The van der Waals surface area contributed by atoms with Gasteiger partial charge in [-0.2, -0.15) is 0 Å². The maximum absolute atomic E-state index is 9.32. The van der Waals surface area contributed by atoms with Crippen molar-refractivity contribution in [2.24, 2.45) is 5.41 Å². The first-order chi connectivity index (χ1) is 6.26. The van der Waals surface area contributed by atoms with E-state index in [0.29, 0.717) is 0 Å². The van der Waals surface area contributed by atoms with E-state index in [1.54, 1.807) is 12.7 Å². The molecule has 74 valence electrons. The Morgan fingerprint density at radius 3 is 2.15 bits per heavy atom. The summed E-state index contributed by atoms with van der Waals surface area (Å²) in [4.78, 5) is 0. The van der Waals surface area contributed by atoms with Crippen molar-refractivity contribution < 1.29 is 5.11 Å². The highest BCUT2D eigenvalue weighted by atomic mass is 16.3. The highest BCUT2D eigenvalue weighted by Gasteiger charge is 2.25. The van der Waals surface area contributed by atoms with Crippen molar-refractivity contribution in [3.05, 3.63) is 12.7 Å². The van der Waals surface area contributed by atoms with Crippen LogP contribution in [0, 0.1) is 5.41 Å². The van der Waals surface area contributed by atoms with Crippen LogP contribution in [0.15, 0.2) is 12.7 Å². The zero-order chi connectivity index (χ0) is 9.73. The third-order valence-corrected chi connectivity index (χ3v) is 2.82. The van der Waals surface area contributed by atoms with E-state index >= 15 is 0 Å². The Morgan fingerprint density at radius 2 is 1.77 bits per heavy atom. The van der Waals surface area contributed by atoms with Crippen LogP contribution in [0.4, 0.5) is 0 Å². The summed E-state index contributed by atoms with van der Waals surface area (Å²) in [5.41, 5.74) is -0.0115. The molecule has 0 saturated heterocycles. The quantitative estimate of drug-likeness (QED) is 0.743. The minimum absolute atomic E-state index is 0.0115. The van der Waals surface area contributed by atoms with Crippen molar-refractivity contribution >= 4 is 0 Å². The average Bonchev–Trinajstić information content (AvgIpc) is 2.67. The molecule has 4 heteroatoms. The Labute approximate surface area is 78.6 Å². The Bertz CT molecular complexity index is 221. The van der Waals surface area contributed by atoms with Gasteiger partial charge in [-0.1, -0.05) is 13.8 Å². The maximum atomic E-state index is 9.32. The normalized spacial score (nSPS) is 11.9. The largest absolute Gasteiger partial charge is 0.396 e. The van der Waals surface area contributed by atoms with Crippen molar-refractivity contribution in [2.45, 2.75) is 33.2 Å². The highest BCUT2D eigenvalue weighted by molar-refractivity contribution is 4.77. The average molecular weight is 183 g/mol. The van der Waals surface area contributed by atoms with E-state index < -0.39 is 0 Å². The van der Waals surface area contributed by atoms with Gasteiger partial charge in [0, 0.05) is 12.0 Å². The molecule has 0 spiro atoms. The Balaban J connectivity index is 2.67. The van der Waals surface area contributed by atoms with Gasteiger partial charge < -0.3 is 9.67 Å². The molecule has 0 atom stereocenters. The number of hydrogen-bond acceptors (Lipinski definition) is 3. The Hall–Kier alpha value is -0.900. The van der Waals surface area contributed by atoms with Crippen LogP contribution in [0.1, 0.15) is 26.7 Å². The standard InChI is InChI=1S/C9H17N3O/c1-3-9(4-2,6-13)5-12-7-10-11-8-12/h7-8,13H,3-6H2,1-2H3. The van der Waals surface area contributed by atoms with Crippen molar-refractivity contribution in [3.8, 4) is 0 Å². The van der Waals surface area contributed by atoms with Gasteiger partial charge >= 0.3 is 0 Å². The summed E-state index contributed by atoms with van der Waals surface area (Å²) < 4.78 is 1.92. The third kappa shape index (κ3) is 2.28. The number of aliphatic hydroxyl groups is 1. The first-order valence-electron chi connectivity index (χ1n) is 4.69. The molecular formula is C9H17N3O. The molecule has 1 heterocycles. The summed E-state index contributed by atoms with van der Waals surface area (Å²) in [6.45, 7) is 5.22. The lowest BCUT2D eigenvalue weighted by Gasteiger charge is -2.29. The fourth-order valence-electron chi connectivity index (χ4n) is 1.44. The van der Waals surface area contributed by atoms with Crippen LogP contribution in [0.25, 0.3) is 0 Å². The van der Waals surface area contributed by atoms with Gasteiger partial charge in [-0.05, 0) is 12.8 Å². The lowest BCUT2D eigenvalue weighted by atomic mass is 9.83. The summed E-state index contributed by atoms with van der Waals surface area (Å²) in [5.74, 6) is 0. The first kappa shape index (κ1) is 10.2. The summed E-state index contributed by atoms with van der Waals surface area (Å²) in [5, 5.41) is 16.8. The number of rotatable bonds is 5. The number of aromatic nitrogens is 3. The number of hydrogen-bond donors (Lipinski definition) is 1. The fraction of sp³-hybridized carbons (Fsp3) is 0.778. The minimum atomic E-state index is -0.0115. The van der Waals surface area contributed by atoms with E-state index in [0.717, 1.165) is 19.4 Å². The van der Waals surface area contributed by atoms with Crippen LogP contribution >= 0.6 is 0 Å². The molecule has 0 fully saturated rings. The molecular weight excluding hydrogens is 166 g/mol. The smallest absolute Gasteiger partial charge is 0.119 e. The second-order valence-electron chi connectivity index (χ2n) is 3.50. The van der Waals surface area contributed by atoms with Crippen LogP contribution in [-0.4, -0.2) is 26.5 Å². The summed E-state index contributed by atoms with van der Waals surface area (Å²) in [6.07, 6.45) is 5.32. The summed E-state index contributed by atoms with van der Waals surface area (Å²) in [7, 11) is 0. The molecule has 0 aliphatic heterocycles. The molecule has 1 aromatic rings. The van der Waals surface area contributed by atoms with Crippen molar-refractivity contribution in [2.75, 3.05) is 6.61 Å². The van der Waals surface area contributed by atoms with E-state index in [9.17, 15) is 5.11 Å². The molecule has 0 bridgehead atoms. The zero-order valence-corrected chi connectivity index (χ0v) is 8.27. The molecule has 1 rings (SSSR count). The predicted octanol–water partition coefficient (Wildman–Crippen LogP) is 1.08. The van der Waals surface area contributed by atoms with Gasteiger partial charge in [-0.3, -0.25) is 0 Å². The second kappa shape index (κ2) is 4.37. The highest BCUT2D eigenvalue weighted by Crippen LogP contribution is 2.27. The monoisotopic (exact) mass is 183 g/mol. The zero-order valence-electron chi connectivity index (χ0n) is 8.27. The first-order valence-corrected chi connectivity index (χ1v) is 4.69. The van der Waals surface area contributed by atoms with Crippen LogP contribution in [0.2, 0.25) is 0 Å². The van der Waals surface area contributed by atoms with Crippen LogP contribution in [-0.2, 0) is 6.54 Å². The Kier molecular flexibility index (Phi) is 3.42. The molecule has 0 amide bonds. The van der Waals surface area contributed by atoms with Gasteiger partial charge in [0.25, 0.3) is 0 Å². The van der Waals surface area contributed by atoms with E-state index in [1.165, 1.54) is 0 Å². The molecule has 0 radical (unpaired) electrons. The SMILES string of the molecule is CCC(CC)(CO)Cn1cnnc1. The van der Waals surface area contributed by atoms with Crippen molar-refractivity contribution in [1.82, 2.24) is 14.8 Å². The molecule has 0 saturated carbocycles. The lowest BCUT2D eigenvalue weighted by molar-refractivity contribution is 0.0957. The summed E-state index contributed by atoms with van der Waals surface area (Å²) in [6, 6.07) is 0. The van der Waals surface area contributed by atoms with E-state index in [1.807, 2.05) is 4.57 Å². The van der Waals surface area contributed by atoms with Gasteiger partial charge in [0.2, 0.25) is 0 Å². The lowest BCUT2D eigenvalue weighted by Crippen LogP contribution is -2.29. The molecule has 0 aromatic carbocycles. The van der Waals surface area contributed by atoms with Gasteiger partial charge in [-0.25, -0.2) is 0 Å². The maximum Gasteiger partial charge on any atom is 0.119 e. The van der Waals surface area contributed by atoms with Crippen LogP contribution in [0.3, 0.4) is 0 Å². The van der Waals surface area contributed by atoms with Gasteiger partial charge in [-0.15, -0.1) is 10.2 Å². The van der Waals surface area contributed by atoms with Gasteiger partial charge in [0.1, 0.15) is 12.7 Å². The predicted molar refractivity (Wildman–Crippen MR) is 50.1 cm³/mol. The molecule has 1 aromatic heterocycles. The summed E-state index contributed by atoms with van der Waals surface area (Å²) >= 11 is 0. The number of nitrogens with zero attached hydrogens (tertiary/aromatic N) is 3. The molecule has 1 N–H and O–H groups in total. The molecule has 0 unspecified atom stereocenters. The Morgan fingerprint density at radius 1 is 1.23 bits per heavy atom. The molecule has 4 nitrogen and oxygen atoms in total. The van der Waals surface area contributed by atoms with Gasteiger partial charge in [0.05, 0.1) is 6.61 Å². The molecule has 0 aliphatic carbocycles. The van der Waals surface area contributed by atoms with Crippen LogP contribution in [0.5, 0.6) is 0 Å². The third-order valence-electron chi connectivity index (χ3n) is 2.82. The minimum Gasteiger partial charge on any atom is -0.396 e. The molecule has 0 aliphatic rings. The number of aliphatic hydroxyl groups excluding tert-OH is 1. The topological polar surface area (TPSA) is 50.9 Å². The van der Waals surface area contributed by atoms with E-state index in [2.05, 4.69) is 24.0 Å². The van der Waals surface area contributed by atoms with Crippen LogP contribution < -0.4 is 0 Å². The van der Waals surface area contributed by atoms with Crippen molar-refractivity contribution in [3.63, 3.8) is 0 Å². The van der Waals surface area contributed by atoms with Gasteiger partial charge in [0.15, 0.2) is 0 Å². The fourth-order valence-corrected chi connectivity index (χ4v) is 1.44. The second-order valence-corrected chi connectivity index (χ2v) is 3.50.